The molecule has 1 aliphatic heterocycles. The zero-order chi connectivity index (χ0) is 19.7. The van der Waals surface area contributed by atoms with Crippen molar-refractivity contribution in [3.05, 3.63) is 45.8 Å². The van der Waals surface area contributed by atoms with E-state index in [1.807, 2.05) is 36.3 Å². The molecule has 7 heteroatoms. The number of amides is 1. The highest BCUT2D eigenvalue weighted by atomic mass is 32.2. The molecule has 0 radical (unpaired) electrons. The van der Waals surface area contributed by atoms with Crippen molar-refractivity contribution in [3.63, 3.8) is 0 Å². The van der Waals surface area contributed by atoms with Gasteiger partial charge in [0, 0.05) is 11.4 Å². The third-order valence-corrected chi connectivity index (χ3v) is 7.20. The minimum absolute atomic E-state index is 0.0366. The molecule has 1 N–H and O–H groups in total. The summed E-state index contributed by atoms with van der Waals surface area (Å²) in [7, 11) is 0. The Balaban J connectivity index is 1.73. The van der Waals surface area contributed by atoms with Gasteiger partial charge in [-0.2, -0.15) is 4.99 Å². The fourth-order valence-electron chi connectivity index (χ4n) is 3.67. The van der Waals surface area contributed by atoms with Crippen LogP contribution >= 0.6 is 23.1 Å². The van der Waals surface area contributed by atoms with Crippen molar-refractivity contribution in [2.24, 2.45) is 4.99 Å². The normalized spacial score (nSPS) is 21.6. The lowest BCUT2D eigenvalue weighted by Crippen LogP contribution is -2.40. The lowest BCUT2D eigenvalue weighted by molar-refractivity contribution is -0.124. The van der Waals surface area contributed by atoms with Crippen LogP contribution < -0.4 is 0 Å². The van der Waals surface area contributed by atoms with Crippen LogP contribution in [0, 0.1) is 6.92 Å². The van der Waals surface area contributed by atoms with Crippen LogP contribution in [0.15, 0.2) is 39.5 Å². The molecule has 0 bridgehead atoms. The molecule has 1 aliphatic carbocycles. The number of aliphatic imine (C=N–C) groups is 1. The van der Waals surface area contributed by atoms with E-state index in [2.05, 4.69) is 4.98 Å². The highest BCUT2D eigenvalue weighted by Crippen LogP contribution is 2.41. The van der Waals surface area contributed by atoms with Gasteiger partial charge in [-0.25, -0.2) is 4.98 Å². The molecule has 28 heavy (non-hydrogen) atoms. The molecule has 0 spiro atoms. The molecule has 2 aliphatic rings. The fourth-order valence-corrected chi connectivity index (χ4v) is 5.50. The van der Waals surface area contributed by atoms with Crippen LogP contribution in [0.5, 0.6) is 5.75 Å². The number of rotatable bonds is 3. The van der Waals surface area contributed by atoms with Gasteiger partial charge < -0.3 is 5.11 Å². The number of phenolic OH excluding ortho intramolecular Hbond substituents is 1. The topological polar surface area (TPSA) is 65.8 Å². The summed E-state index contributed by atoms with van der Waals surface area (Å²) in [6.45, 7) is 3.91. The number of phenols is 1. The number of carbonyl (C=O) groups is 1. The minimum atomic E-state index is 0.0366. The molecule has 4 rings (SSSR count). The quantitative estimate of drug-likeness (QED) is 0.676. The van der Waals surface area contributed by atoms with Crippen LogP contribution in [-0.2, 0) is 4.79 Å². The van der Waals surface area contributed by atoms with E-state index in [0.29, 0.717) is 10.0 Å². The Kier molecular flexibility index (Phi) is 5.55. The van der Waals surface area contributed by atoms with Gasteiger partial charge in [0.25, 0.3) is 5.91 Å². The molecule has 2 heterocycles. The van der Waals surface area contributed by atoms with Crippen molar-refractivity contribution in [2.45, 2.75) is 52.0 Å². The molecule has 1 saturated carbocycles. The van der Waals surface area contributed by atoms with E-state index in [1.165, 1.54) is 29.5 Å². The minimum Gasteiger partial charge on any atom is -0.508 e. The van der Waals surface area contributed by atoms with Crippen molar-refractivity contribution < 1.29 is 9.90 Å². The number of amidine groups is 1. The van der Waals surface area contributed by atoms with Crippen molar-refractivity contribution in [1.82, 2.24) is 9.88 Å². The summed E-state index contributed by atoms with van der Waals surface area (Å²) in [5.41, 5.74) is 2.79. The molecule has 1 aromatic heterocycles. The summed E-state index contributed by atoms with van der Waals surface area (Å²) in [4.78, 5) is 25.2. The van der Waals surface area contributed by atoms with Gasteiger partial charge >= 0.3 is 0 Å². The first-order chi connectivity index (χ1) is 13.5. The predicted octanol–water partition coefficient (Wildman–Crippen LogP) is 5.48. The van der Waals surface area contributed by atoms with E-state index in [4.69, 9.17) is 4.99 Å². The second-order valence-corrected chi connectivity index (χ2v) is 9.05. The van der Waals surface area contributed by atoms with Crippen LogP contribution in [0.3, 0.4) is 0 Å². The lowest BCUT2D eigenvalue weighted by atomic mass is 9.94. The lowest BCUT2D eigenvalue weighted by Gasteiger charge is -2.30. The second kappa shape index (κ2) is 8.09. The Morgan fingerprint density at radius 2 is 1.93 bits per heavy atom. The van der Waals surface area contributed by atoms with Gasteiger partial charge in [0.15, 0.2) is 5.17 Å². The van der Waals surface area contributed by atoms with E-state index in [0.717, 1.165) is 47.7 Å². The van der Waals surface area contributed by atoms with Crippen LogP contribution in [0.25, 0.3) is 5.57 Å². The number of thioether (sulfide) groups is 1. The molecular formula is C21H23N3O2S2. The number of hydrogen-bond donors (Lipinski definition) is 1. The number of aryl methyl sites for hydroxylation is 1. The Labute approximate surface area is 173 Å². The van der Waals surface area contributed by atoms with E-state index in [9.17, 15) is 9.90 Å². The standard InChI is InChI=1S/C21H23N3O2S2/c1-13-12-27-20(22-13)23-21-24(16-6-4-3-5-7-16)19(26)18(28-21)14(2)15-8-10-17(25)11-9-15/h8-12,16,25H,3-7H2,1-2H3/b18-14-,23-21+. The fraction of sp³-hybridized carbons (Fsp3) is 0.381. The molecule has 1 saturated heterocycles. The maximum atomic E-state index is 13.4. The Morgan fingerprint density at radius 1 is 1.21 bits per heavy atom. The number of nitrogens with zero attached hydrogens (tertiary/aromatic N) is 3. The van der Waals surface area contributed by atoms with Crippen molar-refractivity contribution in [3.8, 4) is 5.75 Å². The van der Waals surface area contributed by atoms with Gasteiger partial charge in [0.05, 0.1) is 10.6 Å². The second-order valence-electron chi connectivity index (χ2n) is 7.24. The molecule has 0 atom stereocenters. The highest BCUT2D eigenvalue weighted by Gasteiger charge is 2.40. The van der Waals surface area contributed by atoms with Crippen molar-refractivity contribution in [2.75, 3.05) is 0 Å². The Hall–Kier alpha value is -2.12. The first kappa shape index (κ1) is 19.2. The number of thiazole rings is 1. The van der Waals surface area contributed by atoms with E-state index < -0.39 is 0 Å². The summed E-state index contributed by atoms with van der Waals surface area (Å²) in [5.74, 6) is 0.256. The van der Waals surface area contributed by atoms with Gasteiger partial charge in [-0.1, -0.05) is 31.4 Å². The van der Waals surface area contributed by atoms with Gasteiger partial charge in [0.2, 0.25) is 5.13 Å². The van der Waals surface area contributed by atoms with E-state index in [1.54, 1.807) is 12.1 Å². The SMILES string of the molecule is C/C(=C1/S/C(=N/c2nc(C)cs2)N(C2CCCCC2)C1=O)c1ccc(O)cc1. The summed E-state index contributed by atoms with van der Waals surface area (Å²) in [5, 5.41) is 13.0. The van der Waals surface area contributed by atoms with Gasteiger partial charge in [0.1, 0.15) is 5.75 Å². The zero-order valence-corrected chi connectivity index (χ0v) is 17.6. The smallest absolute Gasteiger partial charge is 0.267 e. The van der Waals surface area contributed by atoms with Gasteiger partial charge in [-0.3, -0.25) is 9.69 Å². The highest BCUT2D eigenvalue weighted by molar-refractivity contribution is 8.18. The summed E-state index contributed by atoms with van der Waals surface area (Å²) >= 11 is 2.94. The Bertz CT molecular complexity index is 941. The van der Waals surface area contributed by atoms with Crippen LogP contribution in [0.2, 0.25) is 0 Å². The zero-order valence-electron chi connectivity index (χ0n) is 16.0. The van der Waals surface area contributed by atoms with Crippen molar-refractivity contribution in [1.29, 1.82) is 0 Å². The first-order valence-electron chi connectivity index (χ1n) is 9.55. The molecule has 1 aromatic carbocycles. The first-order valence-corrected chi connectivity index (χ1v) is 11.2. The molecule has 146 valence electrons. The van der Waals surface area contributed by atoms with E-state index in [-0.39, 0.29) is 17.7 Å². The third-order valence-electron chi connectivity index (χ3n) is 5.19. The van der Waals surface area contributed by atoms with E-state index >= 15 is 0 Å². The monoisotopic (exact) mass is 413 g/mol. The third kappa shape index (κ3) is 3.86. The summed E-state index contributed by atoms with van der Waals surface area (Å²) in [6, 6.07) is 7.19. The van der Waals surface area contributed by atoms with Crippen LogP contribution in [0.4, 0.5) is 5.13 Å². The summed E-state index contributed by atoms with van der Waals surface area (Å²) < 4.78 is 0. The maximum Gasteiger partial charge on any atom is 0.267 e. The van der Waals surface area contributed by atoms with Crippen LogP contribution in [0.1, 0.15) is 50.3 Å². The largest absolute Gasteiger partial charge is 0.508 e. The average Bonchev–Trinajstić information content (AvgIpc) is 3.25. The number of allylic oxidation sites excluding steroid dienone is 1. The molecule has 0 unspecified atom stereocenters. The van der Waals surface area contributed by atoms with Crippen molar-refractivity contribution >= 4 is 44.9 Å². The predicted molar refractivity (Wildman–Crippen MR) is 116 cm³/mol. The Morgan fingerprint density at radius 3 is 2.57 bits per heavy atom. The molecule has 2 fully saturated rings. The molecular weight excluding hydrogens is 390 g/mol. The number of aromatic hydroxyl groups is 1. The average molecular weight is 414 g/mol. The summed E-state index contributed by atoms with van der Waals surface area (Å²) in [6.07, 6.45) is 5.58. The van der Waals surface area contributed by atoms with Gasteiger partial charge in [-0.05, 0) is 61.7 Å². The number of carbonyl (C=O) groups excluding carboxylic acids is 1. The number of hydrogen-bond acceptors (Lipinski definition) is 6. The molecule has 2 aromatic rings. The number of benzene rings is 1. The molecule has 1 amide bonds. The number of aromatic nitrogens is 1. The maximum absolute atomic E-state index is 13.4. The van der Waals surface area contributed by atoms with Gasteiger partial charge in [-0.15, -0.1) is 11.3 Å². The molecule has 5 nitrogen and oxygen atoms in total. The van der Waals surface area contributed by atoms with Crippen LogP contribution in [-0.4, -0.2) is 32.1 Å².